The Morgan fingerprint density at radius 1 is 0.500 bits per heavy atom. The van der Waals surface area contributed by atoms with Crippen molar-refractivity contribution in [1.82, 2.24) is 0 Å². The normalized spacial score (nSPS) is 16.4. The molecule has 458 valence electrons. The summed E-state index contributed by atoms with van der Waals surface area (Å²) < 4.78 is 53.5. The van der Waals surface area contributed by atoms with Crippen LogP contribution in [-0.4, -0.2) is 101 Å². The Balaban J connectivity index is 0.000000601. The fourth-order valence-corrected chi connectivity index (χ4v) is 12.4. The lowest BCUT2D eigenvalue weighted by Crippen LogP contribution is -2.50. The van der Waals surface area contributed by atoms with Crippen molar-refractivity contribution < 1.29 is 56.4 Å². The molecule has 0 amide bonds. The summed E-state index contributed by atoms with van der Waals surface area (Å²) in [5.74, 6) is 1.93. The molecule has 0 radical (unpaired) electrons. The number of carboxylic acids is 1. The van der Waals surface area contributed by atoms with E-state index in [0.29, 0.717) is 38.3 Å². The van der Waals surface area contributed by atoms with Crippen LogP contribution in [0.4, 0.5) is 0 Å². The summed E-state index contributed by atoms with van der Waals surface area (Å²) in [4.78, 5) is 23.2. The van der Waals surface area contributed by atoms with Crippen molar-refractivity contribution in [3.63, 3.8) is 0 Å². The summed E-state index contributed by atoms with van der Waals surface area (Å²) in [6.07, 6.45) is 1.71. The zero-order valence-electron chi connectivity index (χ0n) is 55.0. The molecule has 0 bridgehead atoms. The fraction of sp³-hybridized carbons (Fsp3) is 0.692. The second kappa shape index (κ2) is 33.8. The van der Waals surface area contributed by atoms with Crippen molar-refractivity contribution in [3.05, 3.63) is 89.5 Å². The van der Waals surface area contributed by atoms with Gasteiger partial charge in [-0.15, -0.1) is 0 Å². The second-order valence-corrected chi connectivity index (χ2v) is 41.2. The van der Waals surface area contributed by atoms with Crippen LogP contribution < -0.4 is 14.2 Å². The van der Waals surface area contributed by atoms with Crippen LogP contribution in [0.3, 0.4) is 0 Å². The molecule has 0 aliphatic carbocycles. The standard InChI is InChI=1S/C22H38O5Si.C22H40O3Si.C21H36O4Si/c1-15(17(3)26-14-18-10-12-19(25-7)13-11-18)20(16(2)21(23)24)27-28(8,9)22(4,5)6;1-10-17(2)21(25-26(8,9)22(4,5)6)18(3)15-24-16-19-11-13-20(23-7)14-12-19;1-16(13-22)20(25-26(7,8)21(3,4)5)17(2)14-24-15-18-9-11-19(23-6)12-10-18/h10-13,15-17,20H,14H2,1-9H3,(H,23,24);11-14,17-18,21H,10,15-16H2,1-9H3;9-13,16-17,20H,14-15H2,1-8H3. The molecule has 0 fully saturated rings. The highest BCUT2D eigenvalue weighted by atomic mass is 28.4. The molecule has 12 nitrogen and oxygen atoms in total. The van der Waals surface area contributed by atoms with E-state index in [1.807, 2.05) is 81.4 Å². The van der Waals surface area contributed by atoms with Crippen LogP contribution in [-0.2, 0) is 56.9 Å². The quantitative estimate of drug-likeness (QED) is 0.0502. The van der Waals surface area contributed by atoms with E-state index in [-0.39, 0.29) is 51.2 Å². The molecule has 0 saturated carbocycles. The van der Waals surface area contributed by atoms with E-state index in [4.69, 9.17) is 41.7 Å². The number of aldehydes is 1. The molecule has 0 aliphatic rings. The first-order valence-corrected chi connectivity index (χ1v) is 37.9. The van der Waals surface area contributed by atoms with Crippen molar-refractivity contribution in [1.29, 1.82) is 0 Å². The third-order valence-electron chi connectivity index (χ3n) is 17.2. The number of methoxy groups -OCH3 is 3. The molecule has 80 heavy (non-hydrogen) atoms. The average molecular weight is 1170 g/mol. The van der Waals surface area contributed by atoms with Crippen LogP contribution in [0.1, 0.15) is 141 Å². The number of aliphatic carboxylic acids is 1. The first kappa shape index (κ1) is 74.6. The summed E-state index contributed by atoms with van der Waals surface area (Å²) in [5.41, 5.74) is 3.32. The Kier molecular flexibility index (Phi) is 31.5. The zero-order valence-corrected chi connectivity index (χ0v) is 58.0. The smallest absolute Gasteiger partial charge is 0.308 e. The molecule has 3 aromatic rings. The molecule has 3 rings (SSSR count). The van der Waals surface area contributed by atoms with E-state index in [2.05, 4.69) is 141 Å². The number of carbonyl (C=O) groups is 2. The van der Waals surface area contributed by atoms with Crippen LogP contribution in [0.25, 0.3) is 0 Å². The van der Waals surface area contributed by atoms with Gasteiger partial charge in [0.25, 0.3) is 0 Å². The van der Waals surface area contributed by atoms with E-state index in [1.54, 1.807) is 28.3 Å². The van der Waals surface area contributed by atoms with Gasteiger partial charge in [-0.05, 0) is 127 Å². The number of benzene rings is 3. The number of hydrogen-bond acceptors (Lipinski definition) is 11. The van der Waals surface area contributed by atoms with Gasteiger partial charge < -0.3 is 51.6 Å². The van der Waals surface area contributed by atoms with Gasteiger partial charge >= 0.3 is 5.97 Å². The Bertz CT molecular complexity index is 2180. The minimum Gasteiger partial charge on any atom is -0.497 e. The number of rotatable bonds is 30. The summed E-state index contributed by atoms with van der Waals surface area (Å²) in [6, 6.07) is 23.7. The van der Waals surface area contributed by atoms with E-state index in [9.17, 15) is 14.7 Å². The van der Waals surface area contributed by atoms with E-state index >= 15 is 0 Å². The molecule has 10 atom stereocenters. The van der Waals surface area contributed by atoms with Crippen LogP contribution in [0.5, 0.6) is 17.2 Å². The zero-order chi connectivity index (χ0) is 61.6. The van der Waals surface area contributed by atoms with E-state index in [0.717, 1.165) is 47.7 Å². The highest BCUT2D eigenvalue weighted by molar-refractivity contribution is 6.75. The first-order chi connectivity index (χ1) is 36.8. The van der Waals surface area contributed by atoms with Crippen LogP contribution in [0.2, 0.25) is 54.4 Å². The lowest BCUT2D eigenvalue weighted by atomic mass is 9.90. The number of hydrogen-bond donors (Lipinski definition) is 1. The Morgan fingerprint density at radius 3 is 1.11 bits per heavy atom. The van der Waals surface area contributed by atoms with Crippen molar-refractivity contribution >= 4 is 37.2 Å². The highest BCUT2D eigenvalue weighted by Gasteiger charge is 2.45. The SMILES string of the molecule is CCC(C)C(O[Si](C)(C)C(C)(C)C)C(C)COCc1ccc(OC)cc1.COc1ccc(COC(C)C(C)C(O[Si](C)(C)C(C)(C)C)C(C)C(=O)O)cc1.COc1ccc(COCC(C)C(O[Si](C)(C)C(C)(C)C)C(C)C=O)cc1. The minimum atomic E-state index is -2.12. The van der Waals surface area contributed by atoms with E-state index < -0.39 is 42.9 Å². The first-order valence-electron chi connectivity index (χ1n) is 29.2. The van der Waals surface area contributed by atoms with Crippen molar-refractivity contribution in [2.45, 2.75) is 223 Å². The largest absolute Gasteiger partial charge is 0.497 e. The Morgan fingerprint density at radius 2 is 0.812 bits per heavy atom. The third kappa shape index (κ3) is 24.8. The van der Waals surface area contributed by atoms with Gasteiger partial charge in [-0.3, -0.25) is 4.79 Å². The predicted molar refractivity (Wildman–Crippen MR) is 338 cm³/mol. The van der Waals surface area contributed by atoms with Gasteiger partial charge in [0.05, 0.1) is 84.7 Å². The molecule has 3 aromatic carbocycles. The third-order valence-corrected chi connectivity index (χ3v) is 30.6. The molecule has 0 saturated heterocycles. The average Bonchev–Trinajstić information content (AvgIpc) is 3.39. The molecule has 0 heterocycles. The lowest BCUT2D eigenvalue weighted by molar-refractivity contribution is -0.147. The number of carboxylic acid groups (broad SMARTS) is 1. The number of ether oxygens (including phenoxy) is 6. The van der Waals surface area contributed by atoms with Crippen LogP contribution >= 0.6 is 0 Å². The fourth-order valence-electron chi connectivity index (χ4n) is 7.93. The molecule has 0 aromatic heterocycles. The van der Waals surface area contributed by atoms with Crippen LogP contribution in [0.15, 0.2) is 72.8 Å². The highest BCUT2D eigenvalue weighted by Crippen LogP contribution is 2.42. The summed E-state index contributed by atoms with van der Waals surface area (Å²) in [7, 11) is -0.878. The predicted octanol–water partition coefficient (Wildman–Crippen LogP) is 16.7. The van der Waals surface area contributed by atoms with Crippen LogP contribution in [0, 0.1) is 35.5 Å². The van der Waals surface area contributed by atoms with E-state index in [1.165, 1.54) is 5.56 Å². The summed E-state index contributed by atoms with van der Waals surface area (Å²) in [5, 5.41) is 9.97. The molecule has 0 aliphatic heterocycles. The summed E-state index contributed by atoms with van der Waals surface area (Å²) >= 11 is 0. The van der Waals surface area contributed by atoms with Crippen molar-refractivity contribution in [2.75, 3.05) is 34.5 Å². The molecule has 10 unspecified atom stereocenters. The Labute approximate surface area is 490 Å². The van der Waals surface area contributed by atoms with Gasteiger partial charge in [-0.2, -0.15) is 0 Å². The maximum atomic E-state index is 11.7. The monoisotopic (exact) mass is 1170 g/mol. The second-order valence-electron chi connectivity index (χ2n) is 26.9. The minimum absolute atomic E-state index is 0.0103. The molecule has 15 heteroatoms. The molecular formula is C65H114O12Si3. The molecular weight excluding hydrogens is 1060 g/mol. The van der Waals surface area contributed by atoms with Gasteiger partial charge in [-0.25, -0.2) is 0 Å². The maximum absolute atomic E-state index is 11.7. The van der Waals surface area contributed by atoms with Gasteiger partial charge in [0.1, 0.15) is 23.5 Å². The molecule has 1 N–H and O–H groups in total. The lowest BCUT2D eigenvalue weighted by Gasteiger charge is -2.43. The number of carbonyl (C=O) groups excluding carboxylic acids is 1. The molecule has 0 spiro atoms. The Hall–Kier alpha value is -3.39. The maximum Gasteiger partial charge on any atom is 0.308 e. The van der Waals surface area contributed by atoms with Crippen molar-refractivity contribution in [3.8, 4) is 17.2 Å². The van der Waals surface area contributed by atoms with Gasteiger partial charge in [0, 0.05) is 23.7 Å². The topological polar surface area (TPSA) is 137 Å². The van der Waals surface area contributed by atoms with Crippen molar-refractivity contribution in [2.24, 2.45) is 35.5 Å². The van der Waals surface area contributed by atoms with Gasteiger partial charge in [0.2, 0.25) is 0 Å². The summed E-state index contributed by atoms with van der Waals surface area (Å²) in [6.45, 7) is 53.0. The van der Waals surface area contributed by atoms with Gasteiger partial charge in [0.15, 0.2) is 25.0 Å². The van der Waals surface area contributed by atoms with Gasteiger partial charge in [-0.1, -0.05) is 147 Å².